The summed E-state index contributed by atoms with van der Waals surface area (Å²) in [7, 11) is 0. The third-order valence-electron chi connectivity index (χ3n) is 5.12. The molecule has 1 unspecified atom stereocenters. The van der Waals surface area contributed by atoms with E-state index in [1.807, 2.05) is 18.2 Å². The van der Waals surface area contributed by atoms with Gasteiger partial charge in [0, 0.05) is 29.8 Å². The normalized spacial score (nSPS) is 12.6. The van der Waals surface area contributed by atoms with Crippen molar-refractivity contribution in [3.63, 3.8) is 0 Å². The number of aromatic nitrogens is 2. The van der Waals surface area contributed by atoms with E-state index in [9.17, 15) is 10.1 Å². The number of nitro benzene ring substituents is 1. The Morgan fingerprint density at radius 1 is 1.10 bits per heavy atom. The van der Waals surface area contributed by atoms with Crippen molar-refractivity contribution in [2.45, 2.75) is 25.8 Å². The maximum Gasteiger partial charge on any atom is 0.269 e. The molecule has 0 N–H and O–H groups in total. The molecule has 0 radical (unpaired) electrons. The molecular weight excluding hydrogens is 408 g/mol. The summed E-state index contributed by atoms with van der Waals surface area (Å²) in [5.41, 5.74) is 4.11. The summed E-state index contributed by atoms with van der Waals surface area (Å²) in [6.45, 7) is 2.19. The van der Waals surface area contributed by atoms with E-state index in [0.717, 1.165) is 34.6 Å². The van der Waals surface area contributed by atoms with Gasteiger partial charge < -0.3 is 4.57 Å². The number of aryl methyl sites for hydroxylation is 1. The topological polar surface area (TPSA) is 73.3 Å². The first-order valence-electron chi connectivity index (χ1n) is 10.1. The lowest BCUT2D eigenvalue weighted by atomic mass is 10.1. The molecule has 4 rings (SSSR count). The van der Waals surface area contributed by atoms with Gasteiger partial charge in [-0.1, -0.05) is 30.3 Å². The van der Waals surface area contributed by atoms with Gasteiger partial charge in [0.15, 0.2) is 4.80 Å². The number of nitrogens with zero attached hydrogens (tertiary/aromatic N) is 4. The van der Waals surface area contributed by atoms with Crippen LogP contribution >= 0.6 is 11.3 Å². The minimum atomic E-state index is -0.378. The van der Waals surface area contributed by atoms with Crippen LogP contribution < -0.4 is 4.80 Å². The fraction of sp³-hybridized carbons (Fsp3) is 0.167. The van der Waals surface area contributed by atoms with Crippen molar-refractivity contribution in [1.82, 2.24) is 9.55 Å². The Labute approximate surface area is 184 Å². The molecule has 2 aromatic heterocycles. The molecule has 0 saturated heterocycles. The van der Waals surface area contributed by atoms with Gasteiger partial charge in [-0.25, -0.2) is 4.99 Å². The molecule has 4 aromatic rings. The van der Waals surface area contributed by atoms with Crippen LogP contribution in [0.4, 0.5) is 11.4 Å². The van der Waals surface area contributed by atoms with Crippen LogP contribution in [0.15, 0.2) is 89.5 Å². The minimum absolute atomic E-state index is 0.0860. The van der Waals surface area contributed by atoms with E-state index < -0.39 is 0 Å². The molecule has 0 aliphatic heterocycles. The zero-order valence-corrected chi connectivity index (χ0v) is 17.9. The third kappa shape index (κ3) is 4.95. The van der Waals surface area contributed by atoms with E-state index >= 15 is 0 Å². The summed E-state index contributed by atoms with van der Waals surface area (Å²) >= 11 is 1.56. The van der Waals surface area contributed by atoms with E-state index in [1.165, 1.54) is 5.56 Å². The van der Waals surface area contributed by atoms with Gasteiger partial charge in [-0.15, -0.1) is 11.3 Å². The summed E-state index contributed by atoms with van der Waals surface area (Å²) in [6.07, 6.45) is 5.37. The van der Waals surface area contributed by atoms with Crippen molar-refractivity contribution in [2.75, 3.05) is 0 Å². The van der Waals surface area contributed by atoms with Crippen molar-refractivity contribution in [2.24, 2.45) is 4.99 Å². The van der Waals surface area contributed by atoms with Crippen LogP contribution in [-0.2, 0) is 6.42 Å². The Morgan fingerprint density at radius 3 is 2.55 bits per heavy atom. The maximum absolute atomic E-state index is 11.0. The molecule has 0 spiro atoms. The first kappa shape index (κ1) is 20.7. The smallest absolute Gasteiger partial charge is 0.269 e. The highest BCUT2D eigenvalue weighted by molar-refractivity contribution is 7.07. The maximum atomic E-state index is 11.0. The van der Waals surface area contributed by atoms with Crippen LogP contribution in [-0.4, -0.2) is 14.5 Å². The van der Waals surface area contributed by atoms with Gasteiger partial charge in [0.1, 0.15) is 0 Å². The summed E-state index contributed by atoms with van der Waals surface area (Å²) < 4.78 is 2.22. The lowest BCUT2D eigenvalue weighted by Gasteiger charge is -2.17. The number of pyridine rings is 1. The average molecular weight is 431 g/mol. The SMILES string of the molecule is CC(CCc1ccccc1)n1c(-c2ccc([N+](=O)[O-])cc2)csc1=Nc1cccnc1. The van der Waals surface area contributed by atoms with Gasteiger partial charge in [0.2, 0.25) is 0 Å². The molecule has 0 aliphatic carbocycles. The van der Waals surface area contributed by atoms with Gasteiger partial charge in [-0.2, -0.15) is 0 Å². The van der Waals surface area contributed by atoms with Crippen LogP contribution in [0.25, 0.3) is 11.3 Å². The molecule has 0 bridgehead atoms. The Hall–Kier alpha value is -3.58. The average Bonchev–Trinajstić information content (AvgIpc) is 3.22. The van der Waals surface area contributed by atoms with E-state index in [1.54, 1.807) is 48.0 Å². The molecule has 1 atom stereocenters. The molecule has 6 nitrogen and oxygen atoms in total. The van der Waals surface area contributed by atoms with Crippen LogP contribution in [0, 0.1) is 10.1 Å². The summed E-state index contributed by atoms with van der Waals surface area (Å²) in [5.74, 6) is 0. The number of non-ortho nitro benzene ring substituents is 1. The van der Waals surface area contributed by atoms with Crippen molar-refractivity contribution in [3.8, 4) is 11.3 Å². The Balaban J connectivity index is 1.73. The van der Waals surface area contributed by atoms with Gasteiger partial charge in [-0.05, 0) is 55.2 Å². The van der Waals surface area contributed by atoms with E-state index in [2.05, 4.69) is 46.1 Å². The zero-order valence-electron chi connectivity index (χ0n) is 17.1. The first-order chi connectivity index (χ1) is 15.1. The largest absolute Gasteiger partial charge is 0.314 e. The number of benzene rings is 2. The molecule has 0 aliphatic rings. The summed E-state index contributed by atoms with van der Waals surface area (Å²) in [6, 6.07) is 21.1. The predicted octanol–water partition coefficient (Wildman–Crippen LogP) is 5.95. The number of nitro groups is 1. The van der Waals surface area contributed by atoms with E-state index in [0.29, 0.717) is 0 Å². The number of thiazole rings is 1. The zero-order chi connectivity index (χ0) is 21.6. The highest BCUT2D eigenvalue weighted by atomic mass is 32.1. The second kappa shape index (κ2) is 9.49. The lowest BCUT2D eigenvalue weighted by molar-refractivity contribution is -0.384. The monoisotopic (exact) mass is 430 g/mol. The molecule has 2 heterocycles. The number of rotatable bonds is 7. The molecule has 0 saturated carbocycles. The van der Waals surface area contributed by atoms with Gasteiger partial charge >= 0.3 is 0 Å². The molecule has 156 valence electrons. The molecule has 0 amide bonds. The number of hydrogen-bond donors (Lipinski definition) is 0. The third-order valence-corrected chi connectivity index (χ3v) is 5.96. The Morgan fingerprint density at radius 2 is 1.87 bits per heavy atom. The predicted molar refractivity (Wildman–Crippen MR) is 123 cm³/mol. The Bertz CT molecular complexity index is 1220. The standard InChI is InChI=1S/C24H22N4O2S/c1-18(9-10-19-6-3-2-4-7-19)27-23(20-11-13-22(14-12-20)28(29)30)17-31-24(27)26-21-8-5-15-25-16-21/h2-8,11-18H,9-10H2,1H3. The van der Waals surface area contributed by atoms with Gasteiger partial charge in [0.25, 0.3) is 5.69 Å². The molecule has 7 heteroatoms. The van der Waals surface area contributed by atoms with Gasteiger partial charge in [0.05, 0.1) is 22.5 Å². The Kier molecular flexibility index (Phi) is 6.33. The van der Waals surface area contributed by atoms with Crippen molar-refractivity contribution in [1.29, 1.82) is 0 Å². The summed E-state index contributed by atoms with van der Waals surface area (Å²) in [5, 5.41) is 13.1. The van der Waals surface area contributed by atoms with Crippen molar-refractivity contribution >= 4 is 22.7 Å². The first-order valence-corrected chi connectivity index (χ1v) is 10.9. The molecule has 2 aromatic carbocycles. The number of hydrogen-bond acceptors (Lipinski definition) is 5. The molecule has 31 heavy (non-hydrogen) atoms. The quantitative estimate of drug-likeness (QED) is 0.269. The van der Waals surface area contributed by atoms with E-state index in [4.69, 9.17) is 4.99 Å². The second-order valence-corrected chi connectivity index (χ2v) is 8.11. The minimum Gasteiger partial charge on any atom is -0.314 e. The van der Waals surface area contributed by atoms with Crippen LogP contribution in [0.5, 0.6) is 0 Å². The van der Waals surface area contributed by atoms with E-state index in [-0.39, 0.29) is 16.7 Å². The fourth-order valence-electron chi connectivity index (χ4n) is 3.47. The second-order valence-electron chi connectivity index (χ2n) is 7.27. The lowest BCUT2D eigenvalue weighted by Crippen LogP contribution is -2.20. The van der Waals surface area contributed by atoms with Crippen LogP contribution in [0.2, 0.25) is 0 Å². The van der Waals surface area contributed by atoms with Crippen molar-refractivity contribution < 1.29 is 4.92 Å². The molecule has 0 fully saturated rings. The van der Waals surface area contributed by atoms with Crippen LogP contribution in [0.3, 0.4) is 0 Å². The van der Waals surface area contributed by atoms with Gasteiger partial charge in [-0.3, -0.25) is 15.1 Å². The van der Waals surface area contributed by atoms with Crippen LogP contribution in [0.1, 0.15) is 24.9 Å². The highest BCUT2D eigenvalue weighted by Crippen LogP contribution is 2.27. The summed E-state index contributed by atoms with van der Waals surface area (Å²) in [4.78, 5) is 20.5. The molecular formula is C24H22N4O2S. The fourth-order valence-corrected chi connectivity index (χ4v) is 4.49. The van der Waals surface area contributed by atoms with Crippen molar-refractivity contribution in [3.05, 3.63) is 105 Å². The highest BCUT2D eigenvalue weighted by Gasteiger charge is 2.15.